The lowest BCUT2D eigenvalue weighted by Gasteiger charge is -2.21. The molecule has 0 aliphatic heterocycles. The van der Waals surface area contributed by atoms with Gasteiger partial charge < -0.3 is 10.1 Å². The molecule has 1 rings (SSSR count). The van der Waals surface area contributed by atoms with Gasteiger partial charge in [0.15, 0.2) is 9.84 Å². The molecule has 1 unspecified atom stereocenters. The average molecular weight is 313 g/mol. The third kappa shape index (κ3) is 7.48. The maximum absolute atomic E-state index is 11.5. The topological polar surface area (TPSA) is 55.4 Å². The molecular weight excluding hydrogens is 286 g/mol. The fourth-order valence-electron chi connectivity index (χ4n) is 1.92. The fraction of sp³-hybridized carbons (Fsp3) is 0.625. The number of nitrogens with one attached hydrogen (secondary N) is 1. The Morgan fingerprint density at radius 1 is 1.29 bits per heavy atom. The van der Waals surface area contributed by atoms with E-state index >= 15 is 0 Å². The zero-order valence-electron chi connectivity index (χ0n) is 13.6. The standard InChI is InChI=1S/C16H27NO3S/c1-13(8-7-11-17-16(2,3)4)20-14-9-6-10-15(12-14)21(5,18)19/h6,9-10,12-13,17H,7-8,11H2,1-5H3. The summed E-state index contributed by atoms with van der Waals surface area (Å²) in [6.07, 6.45) is 3.20. The van der Waals surface area contributed by atoms with Crippen LogP contribution in [0.3, 0.4) is 0 Å². The first-order valence-corrected chi connectivity index (χ1v) is 9.19. The van der Waals surface area contributed by atoms with E-state index in [2.05, 4.69) is 26.1 Å². The first-order chi connectivity index (χ1) is 9.58. The van der Waals surface area contributed by atoms with Gasteiger partial charge in [0, 0.05) is 11.8 Å². The van der Waals surface area contributed by atoms with Crippen LogP contribution < -0.4 is 10.1 Å². The van der Waals surface area contributed by atoms with Crippen molar-refractivity contribution in [2.45, 2.75) is 57.1 Å². The number of benzene rings is 1. The lowest BCUT2D eigenvalue weighted by molar-refractivity contribution is 0.205. The summed E-state index contributed by atoms with van der Waals surface area (Å²) in [5.74, 6) is 0.606. The van der Waals surface area contributed by atoms with Crippen molar-refractivity contribution in [3.8, 4) is 5.75 Å². The smallest absolute Gasteiger partial charge is 0.175 e. The molecule has 0 radical (unpaired) electrons. The normalized spacial score (nSPS) is 14.0. The van der Waals surface area contributed by atoms with Crippen LogP contribution in [0.2, 0.25) is 0 Å². The third-order valence-corrected chi connectivity index (χ3v) is 4.12. The predicted octanol–water partition coefficient (Wildman–Crippen LogP) is 3.03. The second-order valence-corrected chi connectivity index (χ2v) is 8.51. The molecule has 0 aromatic heterocycles. The molecule has 1 N–H and O–H groups in total. The van der Waals surface area contributed by atoms with Crippen molar-refractivity contribution in [3.63, 3.8) is 0 Å². The maximum atomic E-state index is 11.5. The van der Waals surface area contributed by atoms with Crippen molar-refractivity contribution >= 4 is 9.84 Å². The molecule has 5 heteroatoms. The quantitative estimate of drug-likeness (QED) is 0.786. The maximum Gasteiger partial charge on any atom is 0.175 e. The van der Waals surface area contributed by atoms with Crippen molar-refractivity contribution in [3.05, 3.63) is 24.3 Å². The molecule has 0 amide bonds. The Kier molecular flexibility index (Phi) is 6.23. The molecule has 21 heavy (non-hydrogen) atoms. The van der Waals surface area contributed by atoms with E-state index in [1.54, 1.807) is 24.3 Å². The van der Waals surface area contributed by atoms with Crippen molar-refractivity contribution in [2.24, 2.45) is 0 Å². The second kappa shape index (κ2) is 7.27. The minimum absolute atomic E-state index is 0.0570. The van der Waals surface area contributed by atoms with Crippen LogP contribution in [0.15, 0.2) is 29.2 Å². The summed E-state index contributed by atoms with van der Waals surface area (Å²) in [4.78, 5) is 0.293. The van der Waals surface area contributed by atoms with Gasteiger partial charge >= 0.3 is 0 Å². The molecule has 0 fully saturated rings. The Hall–Kier alpha value is -1.07. The molecule has 1 atom stereocenters. The van der Waals surface area contributed by atoms with Crippen molar-refractivity contribution < 1.29 is 13.2 Å². The SMILES string of the molecule is CC(CCCNC(C)(C)C)Oc1cccc(S(C)(=O)=O)c1. The van der Waals surface area contributed by atoms with E-state index in [1.165, 1.54) is 6.26 Å². The summed E-state index contributed by atoms with van der Waals surface area (Å²) in [5.41, 5.74) is 0.133. The zero-order chi connectivity index (χ0) is 16.1. The van der Waals surface area contributed by atoms with Gasteiger partial charge in [-0.3, -0.25) is 0 Å². The molecule has 0 aliphatic carbocycles. The monoisotopic (exact) mass is 313 g/mol. The van der Waals surface area contributed by atoms with E-state index in [4.69, 9.17) is 4.74 Å². The number of rotatable bonds is 7. The first kappa shape index (κ1) is 18.0. The summed E-state index contributed by atoms with van der Waals surface area (Å²) in [5, 5.41) is 3.44. The first-order valence-electron chi connectivity index (χ1n) is 7.30. The number of sulfone groups is 1. The van der Waals surface area contributed by atoms with Gasteiger partial charge in [-0.25, -0.2) is 8.42 Å². The second-order valence-electron chi connectivity index (χ2n) is 6.49. The van der Waals surface area contributed by atoms with E-state index in [0.29, 0.717) is 10.6 Å². The molecule has 0 spiro atoms. The molecule has 0 bridgehead atoms. The van der Waals surface area contributed by atoms with E-state index in [9.17, 15) is 8.42 Å². The van der Waals surface area contributed by atoms with Crippen LogP contribution in [0.25, 0.3) is 0 Å². The van der Waals surface area contributed by atoms with Crippen LogP contribution in [-0.2, 0) is 9.84 Å². The van der Waals surface area contributed by atoms with Crippen LogP contribution >= 0.6 is 0 Å². The molecular formula is C16H27NO3S. The van der Waals surface area contributed by atoms with Gasteiger partial charge in [-0.05, 0) is 65.3 Å². The van der Waals surface area contributed by atoms with Crippen LogP contribution in [0, 0.1) is 0 Å². The minimum Gasteiger partial charge on any atom is -0.491 e. The molecule has 1 aromatic rings. The van der Waals surface area contributed by atoms with Crippen LogP contribution in [0.5, 0.6) is 5.75 Å². The van der Waals surface area contributed by atoms with Crippen molar-refractivity contribution in [1.82, 2.24) is 5.32 Å². The third-order valence-electron chi connectivity index (χ3n) is 3.01. The molecule has 0 saturated carbocycles. The van der Waals surface area contributed by atoms with Gasteiger partial charge in [0.1, 0.15) is 5.75 Å². The summed E-state index contributed by atoms with van der Waals surface area (Å²) >= 11 is 0. The van der Waals surface area contributed by atoms with Crippen LogP contribution in [0.1, 0.15) is 40.5 Å². The van der Waals surface area contributed by atoms with E-state index in [1.807, 2.05) is 6.92 Å². The van der Waals surface area contributed by atoms with Gasteiger partial charge in [0.2, 0.25) is 0 Å². The lowest BCUT2D eigenvalue weighted by Crippen LogP contribution is -2.36. The Bertz CT molecular complexity index is 547. The molecule has 0 saturated heterocycles. The highest BCUT2D eigenvalue weighted by Gasteiger charge is 2.11. The Morgan fingerprint density at radius 2 is 1.95 bits per heavy atom. The van der Waals surface area contributed by atoms with Gasteiger partial charge in [0.05, 0.1) is 11.0 Å². The largest absolute Gasteiger partial charge is 0.491 e. The van der Waals surface area contributed by atoms with E-state index < -0.39 is 9.84 Å². The predicted molar refractivity (Wildman–Crippen MR) is 86.6 cm³/mol. The summed E-state index contributed by atoms with van der Waals surface area (Å²) in [6, 6.07) is 6.66. The Labute approximate surface area is 128 Å². The molecule has 1 aromatic carbocycles. The van der Waals surface area contributed by atoms with Crippen LogP contribution in [-0.4, -0.2) is 32.9 Å². The highest BCUT2D eigenvalue weighted by Crippen LogP contribution is 2.19. The molecule has 120 valence electrons. The van der Waals surface area contributed by atoms with Crippen molar-refractivity contribution in [1.29, 1.82) is 0 Å². The summed E-state index contributed by atoms with van der Waals surface area (Å²) < 4.78 is 28.8. The summed E-state index contributed by atoms with van der Waals surface area (Å²) in [7, 11) is -3.19. The van der Waals surface area contributed by atoms with E-state index in [-0.39, 0.29) is 11.6 Å². The van der Waals surface area contributed by atoms with Gasteiger partial charge in [0.25, 0.3) is 0 Å². The molecule has 0 heterocycles. The Morgan fingerprint density at radius 3 is 2.52 bits per heavy atom. The lowest BCUT2D eigenvalue weighted by atomic mass is 10.1. The fourth-order valence-corrected chi connectivity index (χ4v) is 2.58. The Balaban J connectivity index is 2.46. The van der Waals surface area contributed by atoms with Crippen molar-refractivity contribution in [2.75, 3.05) is 12.8 Å². The molecule has 0 aliphatic rings. The highest BCUT2D eigenvalue weighted by molar-refractivity contribution is 7.90. The number of hydrogen-bond donors (Lipinski definition) is 1. The zero-order valence-corrected chi connectivity index (χ0v) is 14.5. The van der Waals surface area contributed by atoms with Gasteiger partial charge in [-0.1, -0.05) is 6.07 Å². The average Bonchev–Trinajstić information content (AvgIpc) is 2.33. The number of hydrogen-bond acceptors (Lipinski definition) is 4. The number of ether oxygens (including phenoxy) is 1. The van der Waals surface area contributed by atoms with Crippen LogP contribution in [0.4, 0.5) is 0 Å². The highest BCUT2D eigenvalue weighted by atomic mass is 32.2. The van der Waals surface area contributed by atoms with E-state index in [0.717, 1.165) is 19.4 Å². The minimum atomic E-state index is -3.19. The van der Waals surface area contributed by atoms with Gasteiger partial charge in [-0.15, -0.1) is 0 Å². The summed E-state index contributed by atoms with van der Waals surface area (Å²) in [6.45, 7) is 9.38. The van der Waals surface area contributed by atoms with Gasteiger partial charge in [-0.2, -0.15) is 0 Å². The molecule has 4 nitrogen and oxygen atoms in total.